The quantitative estimate of drug-likeness (QED) is 0.866. The van der Waals surface area contributed by atoms with Crippen LogP contribution in [0.1, 0.15) is 40.2 Å². The normalized spacial score (nSPS) is 15.8. The zero-order valence-corrected chi connectivity index (χ0v) is 14.4. The van der Waals surface area contributed by atoms with Crippen molar-refractivity contribution in [3.8, 4) is 5.75 Å². The molecule has 0 radical (unpaired) electrons. The Kier molecular flexibility index (Phi) is 5.03. The summed E-state index contributed by atoms with van der Waals surface area (Å²) in [5, 5.41) is 2.89. The Balaban J connectivity index is 1.88. The second kappa shape index (κ2) is 7.38. The van der Waals surface area contributed by atoms with Gasteiger partial charge in [0.15, 0.2) is 0 Å². The van der Waals surface area contributed by atoms with Gasteiger partial charge in [-0.1, -0.05) is 24.3 Å². The number of carbonyl (C=O) groups is 2. The fourth-order valence-corrected chi connectivity index (χ4v) is 3.28. The van der Waals surface area contributed by atoms with Gasteiger partial charge in [0.1, 0.15) is 5.75 Å². The zero-order chi connectivity index (χ0) is 17.8. The minimum atomic E-state index is -0.516. The predicted octanol–water partition coefficient (Wildman–Crippen LogP) is 3.54. The molecular formula is C20H21NO4. The lowest BCUT2D eigenvalue weighted by Gasteiger charge is -2.25. The standard InChI is InChI=1S/C20H21NO4/c1-24-14-10-11-18(17(12-14)20(23)25-2)21-19(22)16-9-5-7-13-6-3-4-8-15(13)16/h3-4,6,8,10-12,16H,5,7,9H2,1-2H3,(H,21,22). The van der Waals surface area contributed by atoms with E-state index >= 15 is 0 Å². The highest BCUT2D eigenvalue weighted by Crippen LogP contribution is 2.33. The van der Waals surface area contributed by atoms with Gasteiger partial charge in [0.05, 0.1) is 31.4 Å². The molecule has 0 aliphatic heterocycles. The van der Waals surface area contributed by atoms with Gasteiger partial charge in [-0.15, -0.1) is 0 Å². The Morgan fingerprint density at radius 2 is 1.92 bits per heavy atom. The van der Waals surface area contributed by atoms with Gasteiger partial charge >= 0.3 is 5.97 Å². The van der Waals surface area contributed by atoms with Crippen molar-refractivity contribution in [3.05, 3.63) is 59.2 Å². The summed E-state index contributed by atoms with van der Waals surface area (Å²) in [4.78, 5) is 24.9. The number of esters is 1. The number of nitrogens with one attached hydrogen (secondary N) is 1. The van der Waals surface area contributed by atoms with Crippen molar-refractivity contribution in [2.45, 2.75) is 25.2 Å². The molecule has 1 N–H and O–H groups in total. The molecule has 1 aliphatic carbocycles. The number of amides is 1. The Morgan fingerprint density at radius 1 is 1.12 bits per heavy atom. The van der Waals surface area contributed by atoms with Gasteiger partial charge in [-0.2, -0.15) is 0 Å². The van der Waals surface area contributed by atoms with Gasteiger partial charge in [-0.3, -0.25) is 4.79 Å². The SMILES string of the molecule is COC(=O)c1cc(OC)ccc1NC(=O)C1CCCc2ccccc21. The number of anilines is 1. The van der Waals surface area contributed by atoms with Crippen molar-refractivity contribution >= 4 is 17.6 Å². The first kappa shape index (κ1) is 17.0. The molecule has 0 saturated heterocycles. The summed E-state index contributed by atoms with van der Waals surface area (Å²) < 4.78 is 9.97. The number of aryl methyl sites for hydroxylation is 1. The second-order valence-corrected chi connectivity index (χ2v) is 6.04. The van der Waals surface area contributed by atoms with Crippen LogP contribution in [0.5, 0.6) is 5.75 Å². The zero-order valence-electron chi connectivity index (χ0n) is 14.4. The summed E-state index contributed by atoms with van der Waals surface area (Å²) in [7, 11) is 2.83. The van der Waals surface area contributed by atoms with Crippen LogP contribution in [0, 0.1) is 0 Å². The van der Waals surface area contributed by atoms with Crippen LogP contribution in [0.15, 0.2) is 42.5 Å². The van der Waals surface area contributed by atoms with Crippen LogP contribution in [0.2, 0.25) is 0 Å². The largest absolute Gasteiger partial charge is 0.497 e. The molecule has 1 aliphatic rings. The molecule has 0 heterocycles. The van der Waals surface area contributed by atoms with Crippen molar-refractivity contribution in [2.75, 3.05) is 19.5 Å². The summed E-state index contributed by atoms with van der Waals surface area (Å²) in [6, 6.07) is 13.0. The van der Waals surface area contributed by atoms with Crippen molar-refractivity contribution in [1.29, 1.82) is 0 Å². The van der Waals surface area contributed by atoms with E-state index in [9.17, 15) is 9.59 Å². The second-order valence-electron chi connectivity index (χ2n) is 6.04. The van der Waals surface area contributed by atoms with Crippen LogP contribution in [-0.2, 0) is 16.0 Å². The fraction of sp³-hybridized carbons (Fsp3) is 0.300. The number of benzene rings is 2. The van der Waals surface area contributed by atoms with Crippen molar-refractivity contribution in [2.24, 2.45) is 0 Å². The average molecular weight is 339 g/mol. The number of rotatable bonds is 4. The van der Waals surface area contributed by atoms with E-state index in [4.69, 9.17) is 9.47 Å². The molecule has 25 heavy (non-hydrogen) atoms. The van der Waals surface area contributed by atoms with E-state index in [1.807, 2.05) is 18.2 Å². The molecule has 0 saturated carbocycles. The molecule has 0 aromatic heterocycles. The van der Waals surface area contributed by atoms with Crippen LogP contribution < -0.4 is 10.1 Å². The monoisotopic (exact) mass is 339 g/mol. The fourth-order valence-electron chi connectivity index (χ4n) is 3.28. The lowest BCUT2D eigenvalue weighted by atomic mass is 9.82. The topological polar surface area (TPSA) is 64.6 Å². The molecule has 5 heteroatoms. The van der Waals surface area contributed by atoms with Gasteiger partial charge in [-0.05, 0) is 48.6 Å². The molecule has 0 spiro atoms. The maximum Gasteiger partial charge on any atom is 0.340 e. The van der Waals surface area contributed by atoms with E-state index in [2.05, 4.69) is 11.4 Å². The highest BCUT2D eigenvalue weighted by molar-refractivity contribution is 6.03. The molecule has 0 fully saturated rings. The smallest absolute Gasteiger partial charge is 0.340 e. The Hall–Kier alpha value is -2.82. The first-order valence-electron chi connectivity index (χ1n) is 8.29. The molecule has 1 amide bonds. The van der Waals surface area contributed by atoms with E-state index in [1.54, 1.807) is 18.2 Å². The van der Waals surface area contributed by atoms with Crippen LogP contribution in [0.3, 0.4) is 0 Å². The van der Waals surface area contributed by atoms with Crippen LogP contribution >= 0.6 is 0 Å². The third-order valence-corrected chi connectivity index (χ3v) is 4.58. The minimum Gasteiger partial charge on any atom is -0.497 e. The molecule has 5 nitrogen and oxygen atoms in total. The first-order chi connectivity index (χ1) is 12.1. The molecule has 1 atom stereocenters. The third-order valence-electron chi connectivity index (χ3n) is 4.58. The van der Waals surface area contributed by atoms with Gasteiger partial charge in [0, 0.05) is 0 Å². The summed E-state index contributed by atoms with van der Waals surface area (Å²) in [6.45, 7) is 0. The summed E-state index contributed by atoms with van der Waals surface area (Å²) in [6.07, 6.45) is 2.77. The Labute approximate surface area is 147 Å². The number of hydrogen-bond acceptors (Lipinski definition) is 4. The highest BCUT2D eigenvalue weighted by atomic mass is 16.5. The van der Waals surface area contributed by atoms with Crippen molar-refractivity contribution in [3.63, 3.8) is 0 Å². The number of hydrogen-bond donors (Lipinski definition) is 1. The molecule has 2 aromatic carbocycles. The van der Waals surface area contributed by atoms with Crippen LogP contribution in [0.25, 0.3) is 0 Å². The lowest BCUT2D eigenvalue weighted by Crippen LogP contribution is -2.25. The van der Waals surface area contributed by atoms with E-state index in [1.165, 1.54) is 19.8 Å². The highest BCUT2D eigenvalue weighted by Gasteiger charge is 2.27. The van der Waals surface area contributed by atoms with Crippen LogP contribution in [-0.4, -0.2) is 26.1 Å². The van der Waals surface area contributed by atoms with Gasteiger partial charge < -0.3 is 14.8 Å². The van der Waals surface area contributed by atoms with Crippen molar-refractivity contribution in [1.82, 2.24) is 0 Å². The molecule has 0 bridgehead atoms. The predicted molar refractivity (Wildman–Crippen MR) is 95.1 cm³/mol. The molecule has 1 unspecified atom stereocenters. The van der Waals surface area contributed by atoms with Gasteiger partial charge in [0.2, 0.25) is 5.91 Å². The minimum absolute atomic E-state index is 0.109. The number of methoxy groups -OCH3 is 2. The van der Waals surface area contributed by atoms with Gasteiger partial charge in [-0.25, -0.2) is 4.79 Å². The van der Waals surface area contributed by atoms with E-state index in [-0.39, 0.29) is 17.4 Å². The molecular weight excluding hydrogens is 318 g/mol. The third kappa shape index (κ3) is 3.50. The Bertz CT molecular complexity index is 800. The number of carbonyl (C=O) groups excluding carboxylic acids is 2. The lowest BCUT2D eigenvalue weighted by molar-refractivity contribution is -0.117. The van der Waals surface area contributed by atoms with Gasteiger partial charge in [0.25, 0.3) is 0 Å². The summed E-state index contributed by atoms with van der Waals surface area (Å²) in [5.41, 5.74) is 3.00. The summed E-state index contributed by atoms with van der Waals surface area (Å²) >= 11 is 0. The van der Waals surface area contributed by atoms with E-state index in [0.717, 1.165) is 24.8 Å². The van der Waals surface area contributed by atoms with Crippen molar-refractivity contribution < 1.29 is 19.1 Å². The molecule has 130 valence electrons. The van der Waals surface area contributed by atoms with E-state index in [0.29, 0.717) is 11.4 Å². The molecule has 3 rings (SSSR count). The van der Waals surface area contributed by atoms with E-state index < -0.39 is 5.97 Å². The maximum absolute atomic E-state index is 12.9. The first-order valence-corrected chi connectivity index (χ1v) is 8.29. The van der Waals surface area contributed by atoms with Crippen LogP contribution in [0.4, 0.5) is 5.69 Å². The number of fused-ring (bicyclic) bond motifs is 1. The Morgan fingerprint density at radius 3 is 2.68 bits per heavy atom. The maximum atomic E-state index is 12.9. The molecule has 2 aromatic rings. The number of ether oxygens (including phenoxy) is 2. The average Bonchev–Trinajstić information content (AvgIpc) is 2.67. The summed E-state index contributed by atoms with van der Waals surface area (Å²) in [5.74, 6) is -0.306.